The number of ether oxygens (including phenoxy) is 2. The summed E-state index contributed by atoms with van der Waals surface area (Å²) in [5, 5.41) is 3.46. The van der Waals surface area contributed by atoms with E-state index in [0.717, 1.165) is 27.9 Å². The van der Waals surface area contributed by atoms with E-state index in [9.17, 15) is 0 Å². The molecule has 0 fully saturated rings. The second kappa shape index (κ2) is 5.94. The summed E-state index contributed by atoms with van der Waals surface area (Å²) in [5.41, 5.74) is 1.02. The molecule has 0 saturated carbocycles. The van der Waals surface area contributed by atoms with Crippen molar-refractivity contribution in [2.75, 3.05) is 18.5 Å². The molecule has 2 aromatic rings. The Morgan fingerprint density at radius 1 is 1.15 bits per heavy atom. The number of anilines is 1. The van der Waals surface area contributed by atoms with Crippen LogP contribution < -0.4 is 14.8 Å². The van der Waals surface area contributed by atoms with Crippen molar-refractivity contribution in [1.29, 1.82) is 0 Å². The molecular weight excluding hydrogens is 294 g/mol. The summed E-state index contributed by atoms with van der Waals surface area (Å²) in [6.07, 6.45) is 0.918. The Balaban J connectivity index is 1.76. The summed E-state index contributed by atoms with van der Waals surface area (Å²) in [6, 6.07) is 10.1. The Kier molecular flexibility index (Phi) is 4.03. The third-order valence-electron chi connectivity index (χ3n) is 3.15. The highest BCUT2D eigenvalue weighted by Gasteiger charge is 2.13. The van der Waals surface area contributed by atoms with Crippen LogP contribution in [0.4, 0.5) is 5.69 Å². The van der Waals surface area contributed by atoms with Crippen LogP contribution in [0.3, 0.4) is 0 Å². The molecule has 1 aromatic heterocycles. The van der Waals surface area contributed by atoms with Gasteiger partial charge in [-0.3, -0.25) is 0 Å². The zero-order chi connectivity index (χ0) is 13.9. The van der Waals surface area contributed by atoms with Crippen LogP contribution in [-0.4, -0.2) is 13.2 Å². The number of thiophene rings is 1. The lowest BCUT2D eigenvalue weighted by molar-refractivity contribution is 0.297. The van der Waals surface area contributed by atoms with E-state index in [2.05, 4.69) is 12.2 Å². The van der Waals surface area contributed by atoms with E-state index in [0.29, 0.717) is 13.2 Å². The largest absolute Gasteiger partial charge is 0.490 e. The summed E-state index contributed by atoms with van der Waals surface area (Å²) in [5.74, 6) is 1.63. The maximum atomic E-state index is 5.97. The van der Waals surface area contributed by atoms with Gasteiger partial charge < -0.3 is 14.8 Å². The van der Waals surface area contributed by atoms with Crippen LogP contribution in [0.25, 0.3) is 0 Å². The van der Waals surface area contributed by atoms with Gasteiger partial charge in [-0.1, -0.05) is 11.6 Å². The second-order valence-electron chi connectivity index (χ2n) is 4.72. The highest BCUT2D eigenvalue weighted by Crippen LogP contribution is 2.34. The highest BCUT2D eigenvalue weighted by atomic mass is 35.5. The monoisotopic (exact) mass is 309 g/mol. The number of nitrogens with one attached hydrogen (secondary N) is 1. The predicted molar refractivity (Wildman–Crippen MR) is 83.4 cm³/mol. The Bertz CT molecular complexity index is 599. The van der Waals surface area contributed by atoms with Crippen molar-refractivity contribution in [2.45, 2.75) is 19.4 Å². The molecule has 1 unspecified atom stereocenters. The molecule has 0 saturated heterocycles. The van der Waals surface area contributed by atoms with Crippen molar-refractivity contribution in [3.8, 4) is 11.5 Å². The van der Waals surface area contributed by atoms with Crippen LogP contribution in [-0.2, 0) is 0 Å². The maximum absolute atomic E-state index is 5.97. The van der Waals surface area contributed by atoms with E-state index >= 15 is 0 Å². The van der Waals surface area contributed by atoms with Gasteiger partial charge in [-0.2, -0.15) is 0 Å². The van der Waals surface area contributed by atoms with Gasteiger partial charge in [0.25, 0.3) is 0 Å². The molecule has 1 atom stereocenters. The summed E-state index contributed by atoms with van der Waals surface area (Å²) >= 11 is 7.57. The maximum Gasteiger partial charge on any atom is 0.163 e. The lowest BCUT2D eigenvalue weighted by Crippen LogP contribution is -2.05. The van der Waals surface area contributed by atoms with Gasteiger partial charge in [0.15, 0.2) is 11.5 Å². The fourth-order valence-electron chi connectivity index (χ4n) is 2.14. The van der Waals surface area contributed by atoms with Gasteiger partial charge in [0.05, 0.1) is 23.6 Å². The predicted octanol–water partition coefficient (Wildman–Crippen LogP) is 4.74. The standard InChI is InChI=1S/C15H16ClNO2S/c1-10(14-5-6-15(16)20-14)17-11-3-4-12-13(9-11)19-8-2-7-18-12/h3-6,9-10,17H,2,7-8H2,1H3. The minimum atomic E-state index is 0.206. The number of halogens is 1. The Morgan fingerprint density at radius 2 is 1.95 bits per heavy atom. The number of hydrogen-bond acceptors (Lipinski definition) is 4. The minimum Gasteiger partial charge on any atom is -0.490 e. The van der Waals surface area contributed by atoms with Crippen molar-refractivity contribution >= 4 is 28.6 Å². The van der Waals surface area contributed by atoms with Gasteiger partial charge >= 0.3 is 0 Å². The first kappa shape index (κ1) is 13.6. The van der Waals surface area contributed by atoms with E-state index in [1.54, 1.807) is 11.3 Å². The Hall–Kier alpha value is -1.39. The molecule has 2 heterocycles. The molecule has 3 rings (SSSR count). The fraction of sp³-hybridized carbons (Fsp3) is 0.333. The normalized spacial score (nSPS) is 15.5. The Labute approximate surface area is 127 Å². The molecule has 5 heteroatoms. The summed E-state index contributed by atoms with van der Waals surface area (Å²) in [7, 11) is 0. The van der Waals surface area contributed by atoms with Crippen molar-refractivity contribution in [2.24, 2.45) is 0 Å². The van der Waals surface area contributed by atoms with E-state index in [-0.39, 0.29) is 6.04 Å². The van der Waals surface area contributed by atoms with Crippen molar-refractivity contribution in [1.82, 2.24) is 0 Å². The zero-order valence-electron chi connectivity index (χ0n) is 11.2. The van der Waals surface area contributed by atoms with Gasteiger partial charge in [-0.15, -0.1) is 11.3 Å². The van der Waals surface area contributed by atoms with Crippen molar-refractivity contribution < 1.29 is 9.47 Å². The summed E-state index contributed by atoms with van der Waals surface area (Å²) in [6.45, 7) is 3.53. The smallest absolute Gasteiger partial charge is 0.163 e. The molecular formula is C15H16ClNO2S. The molecule has 0 amide bonds. The molecule has 0 radical (unpaired) electrons. The molecule has 0 spiro atoms. The average molecular weight is 310 g/mol. The quantitative estimate of drug-likeness (QED) is 0.888. The summed E-state index contributed by atoms with van der Waals surface area (Å²) in [4.78, 5) is 1.21. The van der Waals surface area contributed by atoms with Crippen LogP contribution in [0, 0.1) is 0 Å². The van der Waals surface area contributed by atoms with Gasteiger partial charge in [-0.25, -0.2) is 0 Å². The molecule has 0 aliphatic carbocycles. The molecule has 3 nitrogen and oxygen atoms in total. The first-order chi connectivity index (χ1) is 9.72. The molecule has 1 aliphatic heterocycles. The third kappa shape index (κ3) is 3.02. The van der Waals surface area contributed by atoms with Crippen LogP contribution in [0.2, 0.25) is 4.34 Å². The van der Waals surface area contributed by atoms with Gasteiger partial charge in [-0.05, 0) is 31.2 Å². The second-order valence-corrected chi connectivity index (χ2v) is 6.47. The van der Waals surface area contributed by atoms with Gasteiger partial charge in [0.1, 0.15) is 0 Å². The molecule has 1 aromatic carbocycles. The number of hydrogen-bond donors (Lipinski definition) is 1. The van der Waals surface area contributed by atoms with Crippen molar-refractivity contribution in [3.63, 3.8) is 0 Å². The molecule has 106 valence electrons. The number of fused-ring (bicyclic) bond motifs is 1. The van der Waals surface area contributed by atoms with Crippen LogP contribution in [0.1, 0.15) is 24.3 Å². The average Bonchev–Trinajstić information content (AvgIpc) is 2.74. The van der Waals surface area contributed by atoms with Crippen molar-refractivity contribution in [3.05, 3.63) is 39.5 Å². The highest BCUT2D eigenvalue weighted by molar-refractivity contribution is 7.16. The van der Waals surface area contributed by atoms with E-state index < -0.39 is 0 Å². The Morgan fingerprint density at radius 3 is 2.70 bits per heavy atom. The number of rotatable bonds is 3. The van der Waals surface area contributed by atoms with Crippen LogP contribution in [0.15, 0.2) is 30.3 Å². The molecule has 1 N–H and O–H groups in total. The zero-order valence-corrected chi connectivity index (χ0v) is 12.8. The van der Waals surface area contributed by atoms with Crippen LogP contribution in [0.5, 0.6) is 11.5 Å². The SMILES string of the molecule is CC(Nc1ccc2c(c1)OCCCO2)c1ccc(Cl)s1. The third-order valence-corrected chi connectivity index (χ3v) is 4.57. The minimum absolute atomic E-state index is 0.206. The van der Waals surface area contributed by atoms with Gasteiger partial charge in [0, 0.05) is 23.1 Å². The first-order valence-corrected chi connectivity index (χ1v) is 7.83. The fourth-order valence-corrected chi connectivity index (χ4v) is 3.20. The van der Waals surface area contributed by atoms with E-state index in [1.165, 1.54) is 4.88 Å². The van der Waals surface area contributed by atoms with Gasteiger partial charge in [0.2, 0.25) is 0 Å². The molecule has 1 aliphatic rings. The lowest BCUT2D eigenvalue weighted by Gasteiger charge is -2.15. The van der Waals surface area contributed by atoms with E-state index in [1.807, 2.05) is 30.3 Å². The van der Waals surface area contributed by atoms with Crippen LogP contribution >= 0.6 is 22.9 Å². The molecule has 0 bridgehead atoms. The number of benzene rings is 1. The summed E-state index contributed by atoms with van der Waals surface area (Å²) < 4.78 is 12.1. The first-order valence-electron chi connectivity index (χ1n) is 6.64. The molecule has 20 heavy (non-hydrogen) atoms. The van der Waals surface area contributed by atoms with E-state index in [4.69, 9.17) is 21.1 Å². The topological polar surface area (TPSA) is 30.5 Å². The lowest BCUT2D eigenvalue weighted by atomic mass is 10.2.